The molecule has 0 bridgehead atoms. The summed E-state index contributed by atoms with van der Waals surface area (Å²) < 4.78 is 38.6. The first-order valence-corrected chi connectivity index (χ1v) is 6.37. The van der Waals surface area contributed by atoms with Crippen LogP contribution in [0.15, 0.2) is 22.7 Å². The summed E-state index contributed by atoms with van der Waals surface area (Å²) in [5, 5.41) is 0. The second kappa shape index (κ2) is 6.04. The van der Waals surface area contributed by atoms with Crippen LogP contribution < -0.4 is 11.3 Å². The van der Waals surface area contributed by atoms with Crippen LogP contribution in [0.1, 0.15) is 37.4 Å². The van der Waals surface area contributed by atoms with Crippen molar-refractivity contribution in [3.8, 4) is 0 Å². The zero-order valence-corrected chi connectivity index (χ0v) is 11.8. The quantitative estimate of drug-likeness (QED) is 0.648. The Morgan fingerprint density at radius 2 is 1.94 bits per heavy atom. The van der Waals surface area contributed by atoms with Crippen molar-refractivity contribution in [1.29, 1.82) is 0 Å². The Labute approximate surface area is 113 Å². The molecule has 18 heavy (non-hydrogen) atoms. The van der Waals surface area contributed by atoms with Crippen LogP contribution in [0.3, 0.4) is 0 Å². The van der Waals surface area contributed by atoms with Gasteiger partial charge in [0, 0.05) is 10.5 Å². The third-order valence-corrected chi connectivity index (χ3v) is 3.33. The van der Waals surface area contributed by atoms with Gasteiger partial charge in [-0.15, -0.1) is 0 Å². The van der Waals surface area contributed by atoms with E-state index in [0.717, 1.165) is 12.1 Å². The van der Waals surface area contributed by atoms with Crippen molar-refractivity contribution in [2.75, 3.05) is 0 Å². The number of rotatable bonds is 4. The van der Waals surface area contributed by atoms with Crippen LogP contribution in [0.4, 0.5) is 13.2 Å². The number of halogens is 4. The van der Waals surface area contributed by atoms with Crippen LogP contribution in [0.2, 0.25) is 0 Å². The van der Waals surface area contributed by atoms with Crippen molar-refractivity contribution >= 4 is 15.9 Å². The first-order chi connectivity index (χ1) is 8.25. The van der Waals surface area contributed by atoms with E-state index in [4.69, 9.17) is 5.84 Å². The summed E-state index contributed by atoms with van der Waals surface area (Å²) in [7, 11) is 0. The van der Waals surface area contributed by atoms with Crippen molar-refractivity contribution in [3.63, 3.8) is 0 Å². The average molecular weight is 325 g/mol. The molecule has 0 aliphatic rings. The molecule has 0 saturated heterocycles. The summed E-state index contributed by atoms with van der Waals surface area (Å²) in [6.45, 7) is 3.98. The maximum atomic E-state index is 12.7. The Kier molecular flexibility index (Phi) is 5.19. The molecule has 0 aliphatic heterocycles. The summed E-state index contributed by atoms with van der Waals surface area (Å²) in [5.74, 6) is 5.76. The van der Waals surface area contributed by atoms with Crippen LogP contribution in [0, 0.1) is 5.92 Å². The monoisotopic (exact) mass is 324 g/mol. The summed E-state index contributed by atoms with van der Waals surface area (Å²) in [6.07, 6.45) is -3.68. The SMILES string of the molecule is CC(C)CC(NN)c1cc(C(F)(F)F)ccc1Br. The van der Waals surface area contributed by atoms with E-state index in [9.17, 15) is 13.2 Å². The lowest BCUT2D eigenvalue weighted by atomic mass is 9.96. The fraction of sp³-hybridized carbons (Fsp3) is 0.500. The van der Waals surface area contributed by atoms with Crippen molar-refractivity contribution in [1.82, 2.24) is 5.43 Å². The van der Waals surface area contributed by atoms with Crippen LogP contribution in [-0.4, -0.2) is 0 Å². The van der Waals surface area contributed by atoms with Crippen molar-refractivity contribution < 1.29 is 13.2 Å². The van der Waals surface area contributed by atoms with E-state index in [2.05, 4.69) is 21.4 Å². The molecule has 0 fully saturated rings. The van der Waals surface area contributed by atoms with Gasteiger partial charge in [-0.2, -0.15) is 13.2 Å². The van der Waals surface area contributed by atoms with E-state index in [1.807, 2.05) is 13.8 Å². The van der Waals surface area contributed by atoms with E-state index in [-0.39, 0.29) is 6.04 Å². The zero-order chi connectivity index (χ0) is 13.9. The van der Waals surface area contributed by atoms with Crippen LogP contribution in [0.5, 0.6) is 0 Å². The van der Waals surface area contributed by atoms with Gasteiger partial charge in [-0.05, 0) is 36.1 Å². The van der Waals surface area contributed by atoms with Gasteiger partial charge >= 0.3 is 6.18 Å². The minimum atomic E-state index is -4.34. The minimum absolute atomic E-state index is 0.304. The number of hydrogen-bond acceptors (Lipinski definition) is 2. The van der Waals surface area contributed by atoms with Crippen LogP contribution in [0.25, 0.3) is 0 Å². The highest BCUT2D eigenvalue weighted by atomic mass is 79.9. The normalized spacial score (nSPS) is 14.0. The molecule has 2 nitrogen and oxygen atoms in total. The first-order valence-electron chi connectivity index (χ1n) is 5.58. The van der Waals surface area contributed by atoms with Gasteiger partial charge in [-0.25, -0.2) is 0 Å². The Morgan fingerprint density at radius 3 is 2.39 bits per heavy atom. The second-order valence-corrected chi connectivity index (χ2v) is 5.44. The van der Waals surface area contributed by atoms with E-state index in [1.165, 1.54) is 6.07 Å². The molecule has 0 radical (unpaired) electrons. The van der Waals surface area contributed by atoms with Gasteiger partial charge in [0.2, 0.25) is 0 Å². The van der Waals surface area contributed by atoms with Crippen LogP contribution >= 0.6 is 15.9 Å². The van der Waals surface area contributed by atoms with Crippen molar-refractivity contribution in [2.45, 2.75) is 32.5 Å². The largest absolute Gasteiger partial charge is 0.416 e. The lowest BCUT2D eigenvalue weighted by Gasteiger charge is -2.21. The van der Waals surface area contributed by atoms with Gasteiger partial charge in [-0.1, -0.05) is 29.8 Å². The highest BCUT2D eigenvalue weighted by Crippen LogP contribution is 2.35. The van der Waals surface area contributed by atoms with E-state index < -0.39 is 11.7 Å². The van der Waals surface area contributed by atoms with Gasteiger partial charge in [-0.3, -0.25) is 11.3 Å². The van der Waals surface area contributed by atoms with Crippen molar-refractivity contribution in [3.05, 3.63) is 33.8 Å². The van der Waals surface area contributed by atoms with Crippen LogP contribution in [-0.2, 0) is 6.18 Å². The molecule has 1 rings (SSSR count). The Morgan fingerprint density at radius 1 is 1.33 bits per heavy atom. The molecule has 0 heterocycles. The van der Waals surface area contributed by atoms with Gasteiger partial charge in [0.25, 0.3) is 0 Å². The fourth-order valence-electron chi connectivity index (χ4n) is 1.74. The van der Waals surface area contributed by atoms with Gasteiger partial charge < -0.3 is 0 Å². The highest BCUT2D eigenvalue weighted by molar-refractivity contribution is 9.10. The molecule has 1 atom stereocenters. The molecule has 102 valence electrons. The smallest absolute Gasteiger partial charge is 0.271 e. The minimum Gasteiger partial charge on any atom is -0.271 e. The maximum absolute atomic E-state index is 12.7. The predicted molar refractivity (Wildman–Crippen MR) is 68.7 cm³/mol. The summed E-state index contributed by atoms with van der Waals surface area (Å²) >= 11 is 3.27. The second-order valence-electron chi connectivity index (χ2n) is 4.58. The van der Waals surface area contributed by atoms with Gasteiger partial charge in [0.15, 0.2) is 0 Å². The molecule has 3 N–H and O–H groups in total. The number of hydrogen-bond donors (Lipinski definition) is 2. The first kappa shape index (κ1) is 15.5. The molecule has 1 unspecified atom stereocenters. The zero-order valence-electron chi connectivity index (χ0n) is 10.2. The molecule has 0 spiro atoms. The lowest BCUT2D eigenvalue weighted by molar-refractivity contribution is -0.137. The molecule has 0 saturated carbocycles. The van der Waals surface area contributed by atoms with Gasteiger partial charge in [0.1, 0.15) is 0 Å². The third-order valence-electron chi connectivity index (χ3n) is 2.61. The number of benzene rings is 1. The standard InChI is InChI=1S/C12H16BrF3N2/c1-7(2)5-11(18-17)9-6-8(12(14,15)16)3-4-10(9)13/h3-4,6-7,11,18H,5,17H2,1-2H3. The highest BCUT2D eigenvalue weighted by Gasteiger charge is 2.31. The Hall–Kier alpha value is -0.590. The molecule has 1 aromatic carbocycles. The van der Waals surface area contributed by atoms with E-state index in [1.54, 1.807) is 0 Å². The number of nitrogens with two attached hydrogens (primary N) is 1. The predicted octanol–water partition coefficient (Wildman–Crippen LogP) is 4.02. The third kappa shape index (κ3) is 3.96. The molecule has 0 aromatic heterocycles. The molecule has 1 aromatic rings. The van der Waals surface area contributed by atoms with E-state index >= 15 is 0 Å². The molecular formula is C12H16BrF3N2. The van der Waals surface area contributed by atoms with E-state index in [0.29, 0.717) is 22.4 Å². The lowest BCUT2D eigenvalue weighted by Crippen LogP contribution is -2.29. The molecule has 0 amide bonds. The topological polar surface area (TPSA) is 38.0 Å². The number of alkyl halides is 3. The van der Waals surface area contributed by atoms with Crippen molar-refractivity contribution in [2.24, 2.45) is 11.8 Å². The van der Waals surface area contributed by atoms with Gasteiger partial charge in [0.05, 0.1) is 5.56 Å². The maximum Gasteiger partial charge on any atom is 0.416 e. The summed E-state index contributed by atoms with van der Waals surface area (Å²) in [4.78, 5) is 0. The summed E-state index contributed by atoms with van der Waals surface area (Å²) in [6, 6.07) is 3.29. The molecular weight excluding hydrogens is 309 g/mol. The number of hydrazine groups is 1. The Bertz CT molecular complexity index is 405. The molecule has 6 heteroatoms. The fourth-order valence-corrected chi connectivity index (χ4v) is 2.27. The number of nitrogens with one attached hydrogen (secondary N) is 1. The molecule has 0 aliphatic carbocycles. The average Bonchev–Trinajstić information content (AvgIpc) is 2.25. The Balaban J connectivity index is 3.13. The summed E-state index contributed by atoms with van der Waals surface area (Å²) in [5.41, 5.74) is 2.44.